The minimum atomic E-state index is -0.386. The molecular formula is C33H34ClN5O4. The molecule has 0 spiro atoms. The van der Waals surface area contributed by atoms with Crippen LogP contribution in [0.5, 0.6) is 5.75 Å². The lowest BCUT2D eigenvalue weighted by Crippen LogP contribution is -2.35. The second kappa shape index (κ2) is 14.0. The average molecular weight is 600 g/mol. The van der Waals surface area contributed by atoms with Gasteiger partial charge in [0.2, 0.25) is 5.91 Å². The van der Waals surface area contributed by atoms with Crippen LogP contribution in [0.4, 0.5) is 5.82 Å². The predicted octanol–water partition coefficient (Wildman–Crippen LogP) is 4.42. The molecule has 0 saturated heterocycles. The summed E-state index contributed by atoms with van der Waals surface area (Å²) >= 11 is 6.18. The second-order valence-electron chi connectivity index (χ2n) is 10.6. The van der Waals surface area contributed by atoms with Gasteiger partial charge in [0.1, 0.15) is 12.3 Å². The minimum Gasteiger partial charge on any atom is -0.483 e. The highest BCUT2D eigenvalue weighted by molar-refractivity contribution is 6.30. The van der Waals surface area contributed by atoms with Crippen molar-refractivity contribution in [3.8, 4) is 5.75 Å². The lowest BCUT2D eigenvalue weighted by Gasteiger charge is -2.19. The van der Waals surface area contributed by atoms with Crippen molar-refractivity contribution in [3.63, 3.8) is 0 Å². The van der Waals surface area contributed by atoms with Crippen LogP contribution in [0.2, 0.25) is 5.02 Å². The number of nitrogens with zero attached hydrogens (tertiary/aromatic N) is 2. The van der Waals surface area contributed by atoms with E-state index in [-0.39, 0.29) is 54.8 Å². The van der Waals surface area contributed by atoms with Crippen LogP contribution in [0.3, 0.4) is 0 Å². The Hall–Kier alpha value is -4.63. The lowest BCUT2D eigenvalue weighted by atomic mass is 9.91. The van der Waals surface area contributed by atoms with Crippen LogP contribution in [-0.2, 0) is 22.7 Å². The molecule has 1 fully saturated rings. The third-order valence-electron chi connectivity index (χ3n) is 7.23. The Morgan fingerprint density at radius 2 is 1.67 bits per heavy atom. The van der Waals surface area contributed by atoms with Crippen LogP contribution in [0.1, 0.15) is 41.1 Å². The molecule has 3 aromatic carbocycles. The highest BCUT2D eigenvalue weighted by Gasteiger charge is 2.23. The molecular weight excluding hydrogens is 566 g/mol. The molecule has 2 amide bonds. The molecule has 0 atom stereocenters. The normalized spacial score (nSPS) is 12.5. The lowest BCUT2D eigenvalue weighted by molar-refractivity contribution is -0.123. The summed E-state index contributed by atoms with van der Waals surface area (Å²) in [7, 11) is 0. The first-order valence-electron chi connectivity index (χ1n) is 14.2. The highest BCUT2D eigenvalue weighted by atomic mass is 35.5. The molecule has 0 aliphatic heterocycles. The fourth-order valence-electron chi connectivity index (χ4n) is 4.75. The van der Waals surface area contributed by atoms with Crippen molar-refractivity contribution in [2.24, 2.45) is 0 Å². The first kappa shape index (κ1) is 29.8. The summed E-state index contributed by atoms with van der Waals surface area (Å²) in [6, 6.07) is 25.4. The average Bonchev–Trinajstić information content (AvgIpc) is 3.84. The summed E-state index contributed by atoms with van der Waals surface area (Å²) in [5.41, 5.74) is 3.02. The number of hydrogen-bond donors (Lipinski definition) is 3. The van der Waals surface area contributed by atoms with Crippen LogP contribution in [-0.4, -0.2) is 40.6 Å². The van der Waals surface area contributed by atoms with Crippen LogP contribution in [0, 0.1) is 6.92 Å². The van der Waals surface area contributed by atoms with Crippen molar-refractivity contribution in [2.75, 3.05) is 18.5 Å². The third-order valence-corrected chi connectivity index (χ3v) is 7.47. The van der Waals surface area contributed by atoms with E-state index in [0.29, 0.717) is 28.6 Å². The van der Waals surface area contributed by atoms with E-state index in [0.717, 1.165) is 24.0 Å². The minimum absolute atomic E-state index is 0.00413. The number of nitrogens with one attached hydrogen (secondary N) is 3. The summed E-state index contributed by atoms with van der Waals surface area (Å²) in [5.74, 6) is 0.0565. The van der Waals surface area contributed by atoms with E-state index >= 15 is 0 Å². The van der Waals surface area contributed by atoms with Crippen molar-refractivity contribution in [2.45, 2.75) is 44.8 Å². The van der Waals surface area contributed by atoms with E-state index in [4.69, 9.17) is 16.3 Å². The molecule has 0 bridgehead atoms. The van der Waals surface area contributed by atoms with Gasteiger partial charge in [0.25, 0.3) is 11.5 Å². The number of amides is 2. The molecule has 4 aromatic rings. The van der Waals surface area contributed by atoms with E-state index in [9.17, 15) is 14.4 Å². The number of carbonyl (C=O) groups excluding carboxylic acids is 2. The molecule has 1 aromatic heterocycles. The van der Waals surface area contributed by atoms with Crippen LogP contribution >= 0.6 is 11.6 Å². The monoisotopic (exact) mass is 599 g/mol. The molecule has 9 nitrogen and oxygen atoms in total. The van der Waals surface area contributed by atoms with Crippen molar-refractivity contribution in [1.82, 2.24) is 20.2 Å². The van der Waals surface area contributed by atoms with Crippen molar-refractivity contribution < 1.29 is 14.3 Å². The Morgan fingerprint density at radius 1 is 1.00 bits per heavy atom. The number of rotatable bonds is 13. The molecule has 1 heterocycles. The summed E-state index contributed by atoms with van der Waals surface area (Å²) in [6.45, 7) is 1.97. The van der Waals surface area contributed by atoms with Crippen LogP contribution < -0.4 is 26.2 Å². The predicted molar refractivity (Wildman–Crippen MR) is 166 cm³/mol. The van der Waals surface area contributed by atoms with Crippen molar-refractivity contribution in [1.29, 1.82) is 0 Å². The third kappa shape index (κ3) is 8.23. The zero-order chi connectivity index (χ0) is 30.2. The van der Waals surface area contributed by atoms with E-state index in [1.165, 1.54) is 4.57 Å². The first-order valence-corrected chi connectivity index (χ1v) is 14.6. The molecule has 10 heteroatoms. The van der Waals surface area contributed by atoms with Gasteiger partial charge in [-0.3, -0.25) is 19.0 Å². The Bertz CT molecular complexity index is 1580. The largest absolute Gasteiger partial charge is 0.483 e. The molecule has 222 valence electrons. The number of hydrogen-bond acceptors (Lipinski definition) is 6. The number of ether oxygens (including phenoxy) is 1. The molecule has 1 aliphatic rings. The van der Waals surface area contributed by atoms with Gasteiger partial charge in [-0.1, -0.05) is 72.3 Å². The molecule has 1 saturated carbocycles. The van der Waals surface area contributed by atoms with Gasteiger partial charge >= 0.3 is 0 Å². The Labute approximate surface area is 255 Å². The fraction of sp³-hybridized carbons (Fsp3) is 0.273. The van der Waals surface area contributed by atoms with Crippen molar-refractivity contribution >= 4 is 29.2 Å². The maximum Gasteiger partial charge on any atom is 0.293 e. The smallest absolute Gasteiger partial charge is 0.293 e. The number of benzene rings is 3. The quantitative estimate of drug-likeness (QED) is 0.210. The number of aryl methyl sites for hydroxylation is 1. The highest BCUT2D eigenvalue weighted by Crippen LogP contribution is 2.25. The van der Waals surface area contributed by atoms with Crippen molar-refractivity contribution in [3.05, 3.63) is 123 Å². The SMILES string of the molecule is Cc1cnc(NCC(c2ccccc2)c2ccccc2)c(=O)n1CC(=O)NCc1cc(Cl)ccc1OCC(=O)NC1CC1. The molecule has 5 rings (SSSR count). The maximum absolute atomic E-state index is 13.4. The summed E-state index contributed by atoms with van der Waals surface area (Å²) < 4.78 is 7.09. The maximum atomic E-state index is 13.4. The molecule has 1 aliphatic carbocycles. The van der Waals surface area contributed by atoms with Gasteiger partial charge in [-0.15, -0.1) is 0 Å². The number of carbonyl (C=O) groups is 2. The number of halogens is 1. The number of anilines is 1. The van der Waals surface area contributed by atoms with Gasteiger partial charge in [-0.2, -0.15) is 0 Å². The standard InChI is InChI=1S/C33H34ClN5O4/c1-22-17-36-32(37-19-28(23-8-4-2-5-9-23)24-10-6-3-7-11-24)33(42)39(22)20-30(40)35-18-25-16-26(34)12-15-29(25)43-21-31(41)38-27-13-14-27/h2-12,15-17,27-28H,13-14,18-21H2,1H3,(H,35,40)(H,36,37)(H,38,41). The van der Waals surface area contributed by atoms with Crippen LogP contribution in [0.25, 0.3) is 0 Å². The zero-order valence-electron chi connectivity index (χ0n) is 23.9. The van der Waals surface area contributed by atoms with Gasteiger partial charge in [0, 0.05) is 47.5 Å². The zero-order valence-corrected chi connectivity index (χ0v) is 24.6. The first-order chi connectivity index (χ1) is 20.9. The van der Waals surface area contributed by atoms with Gasteiger partial charge in [-0.05, 0) is 49.1 Å². The van der Waals surface area contributed by atoms with Gasteiger partial charge in [-0.25, -0.2) is 4.98 Å². The Balaban J connectivity index is 1.23. The van der Waals surface area contributed by atoms with Gasteiger partial charge < -0.3 is 20.7 Å². The fourth-order valence-corrected chi connectivity index (χ4v) is 4.94. The summed E-state index contributed by atoms with van der Waals surface area (Å²) in [6.07, 6.45) is 3.56. The molecule has 0 unspecified atom stereocenters. The summed E-state index contributed by atoms with van der Waals surface area (Å²) in [5, 5.41) is 9.40. The Kier molecular flexibility index (Phi) is 9.73. The molecule has 3 N–H and O–H groups in total. The number of aromatic nitrogens is 2. The van der Waals surface area contributed by atoms with E-state index in [1.54, 1.807) is 31.3 Å². The summed E-state index contributed by atoms with van der Waals surface area (Å²) in [4.78, 5) is 42.8. The van der Waals surface area contributed by atoms with E-state index in [1.807, 2.05) is 36.4 Å². The van der Waals surface area contributed by atoms with E-state index < -0.39 is 0 Å². The van der Waals surface area contributed by atoms with E-state index in [2.05, 4.69) is 45.2 Å². The van der Waals surface area contributed by atoms with Crippen LogP contribution in [0.15, 0.2) is 89.9 Å². The Morgan fingerprint density at radius 3 is 2.33 bits per heavy atom. The second-order valence-corrected chi connectivity index (χ2v) is 11.0. The topological polar surface area (TPSA) is 114 Å². The van der Waals surface area contributed by atoms with Gasteiger partial charge in [0.15, 0.2) is 12.4 Å². The molecule has 43 heavy (non-hydrogen) atoms. The van der Waals surface area contributed by atoms with Gasteiger partial charge in [0.05, 0.1) is 0 Å². The molecule has 0 radical (unpaired) electrons.